The van der Waals surface area contributed by atoms with Crippen LogP contribution in [0.2, 0.25) is 0 Å². The van der Waals surface area contributed by atoms with Crippen molar-refractivity contribution in [3.63, 3.8) is 0 Å². The lowest BCUT2D eigenvalue weighted by Crippen LogP contribution is -2.29. The van der Waals surface area contributed by atoms with Crippen LogP contribution in [-0.4, -0.2) is 34.8 Å². The summed E-state index contributed by atoms with van der Waals surface area (Å²) in [5.41, 5.74) is 3.57. The van der Waals surface area contributed by atoms with Gasteiger partial charge in [0.1, 0.15) is 22.7 Å². The quantitative estimate of drug-likeness (QED) is 0.271. The third-order valence-corrected chi connectivity index (χ3v) is 7.36. The van der Waals surface area contributed by atoms with Gasteiger partial charge in [0.05, 0.1) is 32.7 Å². The normalized spacial score (nSPS) is 11.4. The van der Waals surface area contributed by atoms with Gasteiger partial charge in [-0.15, -0.1) is 0 Å². The maximum atomic E-state index is 12.9. The molecule has 0 atom stereocenters. The number of nitrogens with zero attached hydrogens (tertiary/aromatic N) is 1. The summed E-state index contributed by atoms with van der Waals surface area (Å²) in [6.07, 6.45) is 1.13. The standard InChI is InChI=1S/C29H26N2O6S/c1-35-22-13-15-27(36-2)25(17-22)31(38(3,33)34)18-19-8-10-20(11-9-19)29(32)30-21-12-14-24-23-6-4-5-7-26(23)37-28(24)16-21/h4-17H,18H2,1-3H3,(H,30,32). The molecule has 0 spiro atoms. The molecule has 0 unspecified atom stereocenters. The summed E-state index contributed by atoms with van der Waals surface area (Å²) in [5.74, 6) is 0.609. The first-order valence-electron chi connectivity index (χ1n) is 11.8. The Morgan fingerprint density at radius 3 is 2.32 bits per heavy atom. The van der Waals surface area contributed by atoms with Crippen molar-refractivity contribution >= 4 is 49.2 Å². The molecule has 38 heavy (non-hydrogen) atoms. The van der Waals surface area contributed by atoms with Crippen LogP contribution in [0.4, 0.5) is 11.4 Å². The average Bonchev–Trinajstić information content (AvgIpc) is 3.28. The lowest BCUT2D eigenvalue weighted by molar-refractivity contribution is 0.102. The van der Waals surface area contributed by atoms with E-state index in [2.05, 4.69) is 5.32 Å². The molecule has 1 heterocycles. The summed E-state index contributed by atoms with van der Waals surface area (Å²) in [5, 5.41) is 4.89. The molecule has 0 radical (unpaired) electrons. The first-order valence-corrected chi connectivity index (χ1v) is 13.6. The number of anilines is 2. The SMILES string of the molecule is COc1ccc(OC)c(N(Cc2ccc(C(=O)Nc3ccc4c(c3)oc3ccccc34)cc2)S(C)(=O)=O)c1. The van der Waals surface area contributed by atoms with Crippen LogP contribution in [0.5, 0.6) is 11.5 Å². The zero-order valence-electron chi connectivity index (χ0n) is 21.1. The number of sulfonamides is 1. The number of amides is 1. The van der Waals surface area contributed by atoms with Gasteiger partial charge in [-0.1, -0.05) is 30.3 Å². The van der Waals surface area contributed by atoms with Gasteiger partial charge in [-0.05, 0) is 48.0 Å². The number of benzene rings is 4. The third-order valence-electron chi connectivity index (χ3n) is 6.23. The van der Waals surface area contributed by atoms with Gasteiger partial charge in [-0.25, -0.2) is 8.42 Å². The summed E-state index contributed by atoms with van der Waals surface area (Å²) in [6, 6.07) is 25.1. The molecular formula is C29H26N2O6S. The summed E-state index contributed by atoms with van der Waals surface area (Å²) in [4.78, 5) is 12.9. The van der Waals surface area contributed by atoms with Crippen LogP contribution >= 0.6 is 0 Å². The molecule has 1 amide bonds. The molecule has 1 aromatic heterocycles. The van der Waals surface area contributed by atoms with Crippen LogP contribution in [0.15, 0.2) is 89.3 Å². The monoisotopic (exact) mass is 530 g/mol. The molecule has 0 aliphatic heterocycles. The third kappa shape index (κ3) is 5.01. The van der Waals surface area contributed by atoms with Crippen molar-refractivity contribution in [3.8, 4) is 11.5 Å². The van der Waals surface area contributed by atoms with Gasteiger partial charge < -0.3 is 19.2 Å². The number of nitrogens with one attached hydrogen (secondary N) is 1. The summed E-state index contributed by atoms with van der Waals surface area (Å²) >= 11 is 0. The molecule has 194 valence electrons. The number of rotatable bonds is 8. The zero-order valence-corrected chi connectivity index (χ0v) is 21.9. The number of ether oxygens (including phenoxy) is 2. The fourth-order valence-corrected chi connectivity index (χ4v) is 5.19. The van der Waals surface area contributed by atoms with Crippen molar-refractivity contribution in [2.75, 3.05) is 30.1 Å². The number of furan rings is 1. The summed E-state index contributed by atoms with van der Waals surface area (Å²) in [7, 11) is -0.673. The molecular weight excluding hydrogens is 504 g/mol. The maximum absolute atomic E-state index is 12.9. The lowest BCUT2D eigenvalue weighted by Gasteiger charge is -2.25. The Morgan fingerprint density at radius 2 is 1.61 bits per heavy atom. The van der Waals surface area contributed by atoms with Gasteiger partial charge in [0, 0.05) is 34.2 Å². The van der Waals surface area contributed by atoms with E-state index < -0.39 is 10.0 Å². The second-order valence-corrected chi connectivity index (χ2v) is 10.7. The zero-order chi connectivity index (χ0) is 26.9. The van der Waals surface area contributed by atoms with Crippen molar-refractivity contribution in [2.45, 2.75) is 6.54 Å². The van der Waals surface area contributed by atoms with Gasteiger partial charge in [0.25, 0.3) is 5.91 Å². The van der Waals surface area contributed by atoms with E-state index in [1.807, 2.05) is 36.4 Å². The molecule has 0 aliphatic rings. The molecule has 5 aromatic rings. The van der Waals surface area contributed by atoms with Gasteiger partial charge in [-0.2, -0.15) is 0 Å². The van der Waals surface area contributed by atoms with Gasteiger partial charge in [0.2, 0.25) is 10.0 Å². The van der Waals surface area contributed by atoms with Crippen molar-refractivity contribution in [2.24, 2.45) is 0 Å². The van der Waals surface area contributed by atoms with E-state index in [0.29, 0.717) is 39.6 Å². The number of fused-ring (bicyclic) bond motifs is 3. The smallest absolute Gasteiger partial charge is 0.255 e. The fourth-order valence-electron chi connectivity index (χ4n) is 4.31. The number of methoxy groups -OCH3 is 2. The van der Waals surface area contributed by atoms with Crippen LogP contribution < -0.4 is 19.1 Å². The number of para-hydroxylation sites is 1. The predicted molar refractivity (Wildman–Crippen MR) is 149 cm³/mol. The van der Waals surface area contributed by atoms with Gasteiger partial charge in [0.15, 0.2) is 0 Å². The highest BCUT2D eigenvalue weighted by Crippen LogP contribution is 2.35. The number of carbonyl (C=O) groups is 1. The minimum absolute atomic E-state index is 0.0486. The van der Waals surface area contributed by atoms with E-state index in [1.165, 1.54) is 18.5 Å². The number of carbonyl (C=O) groups excluding carboxylic acids is 1. The van der Waals surface area contributed by atoms with Crippen molar-refractivity contribution < 1.29 is 27.1 Å². The van der Waals surface area contributed by atoms with E-state index in [9.17, 15) is 13.2 Å². The van der Waals surface area contributed by atoms with E-state index in [4.69, 9.17) is 13.9 Å². The minimum atomic E-state index is -3.66. The Labute approximate surface area is 220 Å². The maximum Gasteiger partial charge on any atom is 0.255 e. The molecule has 0 saturated carbocycles. The minimum Gasteiger partial charge on any atom is -0.497 e. The van der Waals surface area contributed by atoms with Gasteiger partial charge in [-0.3, -0.25) is 9.10 Å². The van der Waals surface area contributed by atoms with Crippen LogP contribution in [0.1, 0.15) is 15.9 Å². The van der Waals surface area contributed by atoms with Gasteiger partial charge >= 0.3 is 0 Å². The second kappa shape index (κ2) is 10.1. The van der Waals surface area contributed by atoms with E-state index in [0.717, 1.165) is 22.6 Å². The molecule has 0 saturated heterocycles. The first-order chi connectivity index (χ1) is 18.3. The average molecular weight is 531 g/mol. The largest absolute Gasteiger partial charge is 0.497 e. The first kappa shape index (κ1) is 25.2. The summed E-state index contributed by atoms with van der Waals surface area (Å²) in [6.45, 7) is 0.0486. The number of hydrogen-bond donors (Lipinski definition) is 1. The van der Waals surface area contributed by atoms with Crippen LogP contribution in [-0.2, 0) is 16.6 Å². The van der Waals surface area contributed by atoms with Crippen molar-refractivity contribution in [3.05, 3.63) is 96.1 Å². The van der Waals surface area contributed by atoms with E-state index in [1.54, 1.807) is 48.5 Å². The fraction of sp³-hybridized carbons (Fsp3) is 0.138. The predicted octanol–water partition coefficient (Wildman–Crippen LogP) is 5.82. The molecule has 4 aromatic carbocycles. The van der Waals surface area contributed by atoms with Crippen LogP contribution in [0.25, 0.3) is 21.9 Å². The van der Waals surface area contributed by atoms with Crippen LogP contribution in [0.3, 0.4) is 0 Å². The Morgan fingerprint density at radius 1 is 0.868 bits per heavy atom. The highest BCUT2D eigenvalue weighted by atomic mass is 32.2. The van der Waals surface area contributed by atoms with E-state index >= 15 is 0 Å². The molecule has 0 aliphatic carbocycles. The van der Waals surface area contributed by atoms with Crippen molar-refractivity contribution in [1.82, 2.24) is 0 Å². The Hall–Kier alpha value is -4.50. The highest BCUT2D eigenvalue weighted by Gasteiger charge is 2.22. The molecule has 1 N–H and O–H groups in total. The van der Waals surface area contributed by atoms with Crippen LogP contribution in [0, 0.1) is 0 Å². The molecule has 0 bridgehead atoms. The molecule has 8 nitrogen and oxygen atoms in total. The molecule has 5 rings (SSSR count). The molecule has 9 heteroatoms. The Bertz CT molecular complexity index is 1740. The Kier molecular flexibility index (Phi) is 6.69. The summed E-state index contributed by atoms with van der Waals surface area (Å²) < 4.78 is 43.2. The highest BCUT2D eigenvalue weighted by molar-refractivity contribution is 7.92. The lowest BCUT2D eigenvalue weighted by atomic mass is 10.1. The topological polar surface area (TPSA) is 98.1 Å². The number of hydrogen-bond acceptors (Lipinski definition) is 6. The Balaban J connectivity index is 1.35. The van der Waals surface area contributed by atoms with E-state index in [-0.39, 0.29) is 12.5 Å². The van der Waals surface area contributed by atoms with Crippen molar-refractivity contribution in [1.29, 1.82) is 0 Å². The second-order valence-electron chi connectivity index (χ2n) is 8.77. The molecule has 0 fully saturated rings.